The molecule has 1 unspecified atom stereocenters. The minimum atomic E-state index is -2.04. The van der Waals surface area contributed by atoms with Crippen molar-refractivity contribution in [2.45, 2.75) is 65.8 Å². The summed E-state index contributed by atoms with van der Waals surface area (Å²) < 4.78 is 8.61. The summed E-state index contributed by atoms with van der Waals surface area (Å²) in [6.45, 7) is 16.6. The summed E-state index contributed by atoms with van der Waals surface area (Å²) >= 11 is 0. The molecule has 2 aromatic heterocycles. The number of para-hydroxylation sites is 1. The van der Waals surface area contributed by atoms with E-state index < -0.39 is 13.9 Å². The second kappa shape index (κ2) is 9.29. The van der Waals surface area contributed by atoms with Crippen molar-refractivity contribution < 1.29 is 4.43 Å². The number of azo groups is 1. The van der Waals surface area contributed by atoms with Crippen molar-refractivity contribution in [1.29, 1.82) is 0 Å². The van der Waals surface area contributed by atoms with Gasteiger partial charge in [-0.1, -0.05) is 65.8 Å². The van der Waals surface area contributed by atoms with Crippen LogP contribution in [0.5, 0.6) is 0 Å². The third kappa shape index (κ3) is 5.27. The van der Waals surface area contributed by atoms with Crippen LogP contribution in [0.15, 0.2) is 63.6 Å². The van der Waals surface area contributed by atoms with Gasteiger partial charge in [0.2, 0.25) is 5.78 Å². The molecule has 2 bridgehead atoms. The van der Waals surface area contributed by atoms with Crippen LogP contribution < -0.4 is 11.3 Å². The highest BCUT2D eigenvalue weighted by Crippen LogP contribution is 2.44. The molecule has 0 aliphatic rings. The number of fused-ring (bicyclic) bond motifs is 2. The van der Waals surface area contributed by atoms with E-state index in [1.54, 1.807) is 12.1 Å². The smallest absolute Gasteiger partial charge is 0.304 e. The lowest BCUT2D eigenvalue weighted by Crippen LogP contribution is -2.46. The number of hydrogen-bond acceptors (Lipinski definition) is 6. The van der Waals surface area contributed by atoms with E-state index in [9.17, 15) is 4.79 Å². The lowest BCUT2D eigenvalue weighted by molar-refractivity contribution is 0.256. The van der Waals surface area contributed by atoms with E-state index >= 15 is 0 Å². The van der Waals surface area contributed by atoms with Gasteiger partial charge < -0.3 is 15.1 Å². The Kier molecular flexibility index (Phi) is 6.65. The van der Waals surface area contributed by atoms with Gasteiger partial charge in [0.15, 0.2) is 19.7 Å². The van der Waals surface area contributed by atoms with Crippen molar-refractivity contribution in [3.63, 3.8) is 0 Å². The van der Waals surface area contributed by atoms with Crippen LogP contribution in [0.1, 0.15) is 47.1 Å². The van der Waals surface area contributed by atoms with Crippen LogP contribution in [0.25, 0.3) is 17.1 Å². The minimum absolute atomic E-state index is 0.109. The zero-order valence-electron chi connectivity index (χ0n) is 22.2. The van der Waals surface area contributed by atoms with Crippen LogP contribution in [-0.4, -0.2) is 22.9 Å². The lowest BCUT2D eigenvalue weighted by Gasteiger charge is -2.43. The number of rotatable bonds is 7. The second-order valence-corrected chi connectivity index (χ2v) is 16.4. The summed E-state index contributed by atoms with van der Waals surface area (Å²) in [5.41, 5.74) is 9.37. The lowest BCUT2D eigenvalue weighted by atomic mass is 10.0. The molecule has 4 aromatic rings. The average Bonchev–Trinajstić information content (AvgIpc) is 2.76. The van der Waals surface area contributed by atoms with E-state index in [1.165, 1.54) is 0 Å². The molecule has 9 heteroatoms. The Labute approximate surface area is 213 Å². The number of H-pyrrole nitrogens is 1. The third-order valence-corrected chi connectivity index (χ3v) is 12.4. The Morgan fingerprint density at radius 1 is 1.06 bits per heavy atom. The van der Waals surface area contributed by atoms with Gasteiger partial charge in [0.1, 0.15) is 5.69 Å². The van der Waals surface area contributed by atoms with Crippen LogP contribution in [0.2, 0.25) is 17.6 Å². The summed E-state index contributed by atoms with van der Waals surface area (Å²) in [5.74, 6) is 0.480. The number of nitrogen functional groups attached to an aromatic ring is 1. The Balaban J connectivity index is 1.61. The maximum absolute atomic E-state index is 12.5. The predicted molar refractivity (Wildman–Crippen MR) is 148 cm³/mol. The first-order valence-corrected chi connectivity index (χ1v) is 14.8. The van der Waals surface area contributed by atoms with Gasteiger partial charge >= 0.3 is 5.56 Å². The van der Waals surface area contributed by atoms with Gasteiger partial charge in [0, 0.05) is 0 Å². The molecule has 8 nitrogen and oxygen atoms in total. The predicted octanol–water partition coefficient (Wildman–Crippen LogP) is 7.09. The highest BCUT2D eigenvalue weighted by Gasteiger charge is 2.44. The van der Waals surface area contributed by atoms with Crippen molar-refractivity contribution in [3.05, 3.63) is 64.4 Å². The molecule has 0 radical (unpaired) electrons. The highest BCUT2D eigenvalue weighted by molar-refractivity contribution is 6.75. The fourth-order valence-electron chi connectivity index (χ4n) is 4.36. The summed E-state index contributed by atoms with van der Waals surface area (Å²) in [7, 11) is -2.04. The molecule has 0 spiro atoms. The molecule has 0 aliphatic carbocycles. The summed E-state index contributed by atoms with van der Waals surface area (Å²) in [5, 5.41) is 8.48. The van der Waals surface area contributed by atoms with Gasteiger partial charge in [-0.3, -0.25) is 9.36 Å². The largest absolute Gasteiger partial charge is 0.412 e. The van der Waals surface area contributed by atoms with Crippen molar-refractivity contribution in [2.24, 2.45) is 15.6 Å². The van der Waals surface area contributed by atoms with Crippen LogP contribution in [-0.2, 0) is 11.0 Å². The highest BCUT2D eigenvalue weighted by atomic mass is 28.4. The number of aromatic nitrogens is 3. The number of nitrogens with zero attached hydrogens (tertiary/aromatic N) is 4. The molecule has 0 saturated carbocycles. The van der Waals surface area contributed by atoms with E-state index in [0.717, 1.165) is 17.3 Å². The van der Waals surface area contributed by atoms with Crippen molar-refractivity contribution in [2.75, 3.05) is 5.73 Å². The molecule has 3 N–H and O–H groups in total. The number of benzene rings is 2. The quantitative estimate of drug-likeness (QED) is 0.159. The molecule has 1 atom stereocenters. The molecule has 0 aliphatic heterocycles. The Morgan fingerprint density at radius 3 is 2.44 bits per heavy atom. The first-order valence-electron chi connectivity index (χ1n) is 12.2. The molecule has 190 valence electrons. The van der Waals surface area contributed by atoms with E-state index in [2.05, 4.69) is 80.4 Å². The maximum atomic E-state index is 12.5. The zero-order chi connectivity index (χ0) is 26.3. The maximum Gasteiger partial charge on any atom is 0.304 e. The Bertz CT molecular complexity index is 1440. The molecular weight excluding hydrogens is 468 g/mol. The third-order valence-electron chi connectivity index (χ3n) is 6.67. The molecule has 0 fully saturated rings. The van der Waals surface area contributed by atoms with E-state index in [1.807, 2.05) is 28.8 Å². The van der Waals surface area contributed by atoms with E-state index in [-0.39, 0.29) is 16.1 Å². The van der Waals surface area contributed by atoms with Gasteiger partial charge in [-0.2, -0.15) is 4.98 Å². The normalized spacial score (nSPS) is 14.6. The fraction of sp³-hybridized carbons (Fsp3) is 0.407. The number of nitrogens with two attached hydrogens (primary N) is 1. The van der Waals surface area contributed by atoms with E-state index in [4.69, 9.17) is 10.2 Å². The van der Waals surface area contributed by atoms with Crippen LogP contribution in [0.4, 0.5) is 17.1 Å². The van der Waals surface area contributed by atoms with Gasteiger partial charge in [0.25, 0.3) is 0 Å². The van der Waals surface area contributed by atoms with Crippen molar-refractivity contribution in [3.8, 4) is 5.69 Å². The fourth-order valence-corrected chi connectivity index (χ4v) is 7.94. The van der Waals surface area contributed by atoms with Crippen molar-refractivity contribution >= 4 is 36.8 Å². The molecule has 0 amide bonds. The van der Waals surface area contributed by atoms with Crippen LogP contribution in [0, 0.1) is 5.41 Å². The minimum Gasteiger partial charge on any atom is -0.412 e. The molecule has 0 saturated heterocycles. The Morgan fingerprint density at radius 2 is 1.78 bits per heavy atom. The molecule has 2 aromatic carbocycles. The van der Waals surface area contributed by atoms with Gasteiger partial charge in [-0.25, -0.2) is 0 Å². The van der Waals surface area contributed by atoms with Crippen LogP contribution >= 0.6 is 0 Å². The first kappa shape index (κ1) is 25.8. The van der Waals surface area contributed by atoms with Crippen LogP contribution in [0.3, 0.4) is 0 Å². The van der Waals surface area contributed by atoms with Gasteiger partial charge in [-0.05, 0) is 52.9 Å². The molecule has 36 heavy (non-hydrogen) atoms. The Hall–Kier alpha value is -3.30. The average molecular weight is 505 g/mol. The molecular formula is C27H36N6O2Si. The monoisotopic (exact) mass is 504 g/mol. The zero-order valence-corrected chi connectivity index (χ0v) is 23.2. The number of hydrogen-bond donors (Lipinski definition) is 2. The summed E-state index contributed by atoms with van der Waals surface area (Å²) in [6, 6.07) is 16.3. The SMILES string of the molecule is CC(C)(C)C[Si](C)(OCc1cccc(-n2c3nc(=O)c(N=Nc4ccccc4N)c2[nH]3)c1)C(C)(C)C. The van der Waals surface area contributed by atoms with Crippen molar-refractivity contribution in [1.82, 2.24) is 14.5 Å². The van der Waals surface area contributed by atoms with E-state index in [0.29, 0.717) is 29.4 Å². The number of anilines is 1. The second-order valence-electron chi connectivity index (χ2n) is 11.8. The summed E-state index contributed by atoms with van der Waals surface area (Å²) in [6.07, 6.45) is 0. The topological polar surface area (TPSA) is 111 Å². The molecule has 4 rings (SSSR count). The number of nitrogens with one attached hydrogen (secondary N) is 1. The number of aromatic amines is 1. The van der Waals surface area contributed by atoms with Gasteiger partial charge in [0.05, 0.1) is 18.0 Å². The first-order chi connectivity index (χ1) is 16.8. The standard InChI is InChI=1S/C27H36N6O2Si/c1-26(2,3)17-36(7,27(4,5)6)35-16-18-11-10-12-19(15-18)33-23-22(24(34)30-25(33)29-23)32-31-21-14-9-8-13-20(21)28/h8-15H,16-17,28H2,1-7H3,(H,29,30,34). The molecule has 2 heterocycles. The van der Waals surface area contributed by atoms with Gasteiger partial charge in [-0.15, -0.1) is 10.2 Å². The summed E-state index contributed by atoms with van der Waals surface area (Å²) in [4.78, 5) is 19.7.